The maximum absolute atomic E-state index is 12.8. The first-order chi connectivity index (χ1) is 14.8. The van der Waals surface area contributed by atoms with Crippen molar-refractivity contribution in [3.63, 3.8) is 0 Å². The number of hydrogen-bond acceptors (Lipinski definition) is 7. The van der Waals surface area contributed by atoms with Crippen LogP contribution < -0.4 is 10.6 Å². The number of rotatable bonds is 7. The zero-order chi connectivity index (χ0) is 22.4. The Balaban J connectivity index is 1.89. The summed E-state index contributed by atoms with van der Waals surface area (Å²) in [5, 5.41) is 28.5. The molecule has 3 rings (SSSR count). The van der Waals surface area contributed by atoms with Gasteiger partial charge < -0.3 is 10.6 Å². The number of nitrogens with one attached hydrogen (secondary N) is 2. The number of nitro benzene ring substituents is 2. The van der Waals surface area contributed by atoms with Crippen molar-refractivity contribution in [1.82, 2.24) is 5.32 Å². The van der Waals surface area contributed by atoms with Crippen LogP contribution in [0.4, 0.5) is 17.1 Å². The fourth-order valence-corrected chi connectivity index (χ4v) is 3.13. The molecule has 2 amide bonds. The van der Waals surface area contributed by atoms with E-state index in [1.165, 1.54) is 59.9 Å². The van der Waals surface area contributed by atoms with Gasteiger partial charge >= 0.3 is 0 Å². The SMILES string of the molecule is O=C(Nc1ccc([N+](=O)[O-])cc1)C(=Cc1cccc([N+](=O)[O-])c1)NC(=O)c1cccs1. The van der Waals surface area contributed by atoms with E-state index in [1.54, 1.807) is 23.6 Å². The van der Waals surface area contributed by atoms with Gasteiger partial charge in [-0.2, -0.15) is 0 Å². The Kier molecular flexibility index (Phi) is 6.48. The second kappa shape index (κ2) is 9.41. The summed E-state index contributed by atoms with van der Waals surface area (Å²) >= 11 is 1.18. The van der Waals surface area contributed by atoms with Gasteiger partial charge in [-0.15, -0.1) is 11.3 Å². The van der Waals surface area contributed by atoms with E-state index in [-0.39, 0.29) is 22.8 Å². The van der Waals surface area contributed by atoms with Crippen LogP contribution in [0.15, 0.2) is 71.7 Å². The third kappa shape index (κ3) is 5.58. The van der Waals surface area contributed by atoms with E-state index >= 15 is 0 Å². The molecule has 0 aliphatic heterocycles. The summed E-state index contributed by atoms with van der Waals surface area (Å²) in [5.74, 6) is -1.23. The number of non-ortho nitro benzene ring substituents is 2. The van der Waals surface area contributed by atoms with Crippen molar-refractivity contribution in [3.05, 3.63) is 102 Å². The van der Waals surface area contributed by atoms with Gasteiger partial charge in [-0.3, -0.25) is 29.8 Å². The zero-order valence-electron chi connectivity index (χ0n) is 15.7. The number of nitrogens with zero attached hydrogens (tertiary/aromatic N) is 2. The fraction of sp³-hybridized carbons (Fsp3) is 0. The smallest absolute Gasteiger partial charge is 0.272 e. The van der Waals surface area contributed by atoms with Crippen LogP contribution in [0.5, 0.6) is 0 Å². The van der Waals surface area contributed by atoms with Gasteiger partial charge in [0.1, 0.15) is 5.70 Å². The van der Waals surface area contributed by atoms with Crippen LogP contribution in [0.25, 0.3) is 6.08 Å². The highest BCUT2D eigenvalue weighted by Crippen LogP contribution is 2.19. The molecule has 2 aromatic carbocycles. The zero-order valence-corrected chi connectivity index (χ0v) is 16.5. The van der Waals surface area contributed by atoms with Crippen molar-refractivity contribution in [2.24, 2.45) is 0 Å². The van der Waals surface area contributed by atoms with E-state index in [2.05, 4.69) is 10.6 Å². The second-order valence-corrected chi connectivity index (χ2v) is 7.05. The number of nitro groups is 2. The summed E-state index contributed by atoms with van der Waals surface area (Å²) in [5.41, 5.74) is 0.127. The van der Waals surface area contributed by atoms with E-state index in [9.17, 15) is 29.8 Å². The van der Waals surface area contributed by atoms with Crippen molar-refractivity contribution in [2.75, 3.05) is 5.32 Å². The first-order valence-electron chi connectivity index (χ1n) is 8.70. The Morgan fingerprint density at radius 3 is 2.23 bits per heavy atom. The number of carbonyl (C=O) groups excluding carboxylic acids is 2. The monoisotopic (exact) mass is 438 g/mol. The number of carbonyl (C=O) groups is 2. The minimum atomic E-state index is -0.703. The minimum Gasteiger partial charge on any atom is -0.321 e. The lowest BCUT2D eigenvalue weighted by Crippen LogP contribution is -2.30. The van der Waals surface area contributed by atoms with Gasteiger partial charge in [-0.1, -0.05) is 18.2 Å². The molecule has 0 fully saturated rings. The van der Waals surface area contributed by atoms with Crippen LogP contribution in [-0.2, 0) is 4.79 Å². The van der Waals surface area contributed by atoms with Crippen molar-refractivity contribution in [2.45, 2.75) is 0 Å². The van der Waals surface area contributed by atoms with Crippen LogP contribution in [-0.4, -0.2) is 21.7 Å². The van der Waals surface area contributed by atoms with Crippen LogP contribution in [0.1, 0.15) is 15.2 Å². The molecule has 0 saturated heterocycles. The molecule has 2 N–H and O–H groups in total. The number of hydrogen-bond donors (Lipinski definition) is 2. The molecular weight excluding hydrogens is 424 g/mol. The maximum atomic E-state index is 12.8. The average molecular weight is 438 g/mol. The average Bonchev–Trinajstić information content (AvgIpc) is 3.29. The molecule has 156 valence electrons. The third-order valence-corrected chi connectivity index (χ3v) is 4.83. The summed E-state index contributed by atoms with van der Waals surface area (Å²) in [6.07, 6.45) is 1.30. The summed E-state index contributed by atoms with van der Waals surface area (Å²) in [6.45, 7) is 0. The molecule has 3 aromatic rings. The first-order valence-corrected chi connectivity index (χ1v) is 9.58. The van der Waals surface area contributed by atoms with Gasteiger partial charge in [0.05, 0.1) is 14.7 Å². The van der Waals surface area contributed by atoms with Crippen molar-refractivity contribution < 1.29 is 19.4 Å². The Morgan fingerprint density at radius 2 is 1.61 bits per heavy atom. The van der Waals surface area contributed by atoms with E-state index in [0.717, 1.165) is 0 Å². The molecule has 11 heteroatoms. The Labute approximate surface area is 179 Å². The highest BCUT2D eigenvalue weighted by Gasteiger charge is 2.17. The first kappa shape index (κ1) is 21.3. The van der Waals surface area contributed by atoms with E-state index in [0.29, 0.717) is 10.4 Å². The lowest BCUT2D eigenvalue weighted by atomic mass is 10.1. The number of thiophene rings is 1. The molecule has 0 unspecified atom stereocenters. The molecule has 0 bridgehead atoms. The molecular formula is C20H14N4O6S. The predicted molar refractivity (Wildman–Crippen MR) is 115 cm³/mol. The van der Waals surface area contributed by atoms with E-state index in [1.807, 2.05) is 0 Å². The van der Waals surface area contributed by atoms with Crippen LogP contribution in [0, 0.1) is 20.2 Å². The number of benzene rings is 2. The lowest BCUT2D eigenvalue weighted by molar-refractivity contribution is -0.385. The summed E-state index contributed by atoms with van der Waals surface area (Å²) < 4.78 is 0. The predicted octanol–water partition coefficient (Wildman–Crippen LogP) is 3.97. The van der Waals surface area contributed by atoms with Gasteiger partial charge in [0, 0.05) is 30.0 Å². The van der Waals surface area contributed by atoms with Gasteiger partial charge in [-0.25, -0.2) is 0 Å². The molecule has 1 aromatic heterocycles. The molecule has 1 heterocycles. The molecule has 10 nitrogen and oxygen atoms in total. The standard InChI is InChI=1S/C20H14N4O6S/c25-19(21-14-6-8-15(9-7-14)23(27)28)17(22-20(26)18-5-2-10-31-18)12-13-3-1-4-16(11-13)24(29)30/h1-12H,(H,21,25)(H,22,26). The van der Waals surface area contributed by atoms with Crippen molar-refractivity contribution >= 4 is 46.3 Å². The molecule has 0 aliphatic carbocycles. The largest absolute Gasteiger partial charge is 0.321 e. The highest BCUT2D eigenvalue weighted by molar-refractivity contribution is 7.12. The Bertz CT molecular complexity index is 1170. The highest BCUT2D eigenvalue weighted by atomic mass is 32.1. The third-order valence-electron chi connectivity index (χ3n) is 3.97. The molecule has 0 atom stereocenters. The molecule has 31 heavy (non-hydrogen) atoms. The minimum absolute atomic E-state index is 0.142. The molecule has 0 radical (unpaired) electrons. The number of amides is 2. The number of anilines is 1. The van der Waals surface area contributed by atoms with Gasteiger partial charge in [0.15, 0.2) is 0 Å². The summed E-state index contributed by atoms with van der Waals surface area (Å²) in [6, 6.07) is 14.0. The maximum Gasteiger partial charge on any atom is 0.272 e. The van der Waals surface area contributed by atoms with E-state index in [4.69, 9.17) is 0 Å². The van der Waals surface area contributed by atoms with Crippen LogP contribution >= 0.6 is 11.3 Å². The molecule has 0 aliphatic rings. The second-order valence-electron chi connectivity index (χ2n) is 6.10. The summed E-state index contributed by atoms with van der Waals surface area (Å²) in [4.78, 5) is 46.3. The van der Waals surface area contributed by atoms with Gasteiger partial charge in [0.25, 0.3) is 23.2 Å². The molecule has 0 saturated carbocycles. The summed E-state index contributed by atoms with van der Waals surface area (Å²) in [7, 11) is 0. The van der Waals surface area contributed by atoms with Crippen molar-refractivity contribution in [1.29, 1.82) is 0 Å². The fourth-order valence-electron chi connectivity index (χ4n) is 2.51. The Morgan fingerprint density at radius 1 is 0.903 bits per heavy atom. The van der Waals surface area contributed by atoms with Crippen molar-refractivity contribution in [3.8, 4) is 0 Å². The van der Waals surface area contributed by atoms with E-state index < -0.39 is 21.7 Å². The lowest BCUT2D eigenvalue weighted by Gasteiger charge is -2.11. The quantitative estimate of drug-likeness (QED) is 0.324. The Hall–Kier alpha value is -4.38. The van der Waals surface area contributed by atoms with Gasteiger partial charge in [0.2, 0.25) is 0 Å². The normalized spacial score (nSPS) is 10.9. The molecule has 0 spiro atoms. The van der Waals surface area contributed by atoms with Crippen LogP contribution in [0.2, 0.25) is 0 Å². The van der Waals surface area contributed by atoms with Crippen LogP contribution in [0.3, 0.4) is 0 Å². The topological polar surface area (TPSA) is 144 Å². The van der Waals surface area contributed by atoms with Gasteiger partial charge in [-0.05, 0) is 35.2 Å².